The Morgan fingerprint density at radius 1 is 1.19 bits per heavy atom. The van der Waals surface area contributed by atoms with Crippen LogP contribution in [0.4, 0.5) is 10.1 Å². The second-order valence-electron chi connectivity index (χ2n) is 4.22. The zero-order chi connectivity index (χ0) is 15.6. The van der Waals surface area contributed by atoms with Gasteiger partial charge in [-0.3, -0.25) is 10.1 Å². The number of nitro benzene ring substituents is 1. The molecule has 0 aliphatic rings. The van der Waals surface area contributed by atoms with E-state index >= 15 is 0 Å². The SMILES string of the molecule is COc1cc(Oc2ccc(Br)cc2C)c([N+](=O)[O-])cc1F. The van der Waals surface area contributed by atoms with Crippen LogP contribution in [0.1, 0.15) is 5.56 Å². The van der Waals surface area contributed by atoms with E-state index in [4.69, 9.17) is 9.47 Å². The van der Waals surface area contributed by atoms with Crippen molar-refractivity contribution in [3.8, 4) is 17.2 Å². The average molecular weight is 356 g/mol. The second kappa shape index (κ2) is 6.09. The number of benzene rings is 2. The van der Waals surface area contributed by atoms with Gasteiger partial charge in [0, 0.05) is 10.5 Å². The van der Waals surface area contributed by atoms with Crippen LogP contribution in [0.2, 0.25) is 0 Å². The van der Waals surface area contributed by atoms with Crippen LogP contribution in [0.15, 0.2) is 34.8 Å². The number of halogens is 2. The van der Waals surface area contributed by atoms with Gasteiger partial charge in [-0.15, -0.1) is 0 Å². The first-order valence-corrected chi connectivity index (χ1v) is 6.67. The molecule has 0 aliphatic carbocycles. The number of hydrogen-bond donors (Lipinski definition) is 0. The largest absolute Gasteiger partial charge is 0.494 e. The first kappa shape index (κ1) is 15.2. The first-order valence-electron chi connectivity index (χ1n) is 5.88. The Morgan fingerprint density at radius 2 is 1.90 bits per heavy atom. The molecule has 0 fully saturated rings. The predicted molar refractivity (Wildman–Crippen MR) is 78.6 cm³/mol. The van der Waals surface area contributed by atoms with E-state index in [0.29, 0.717) is 5.75 Å². The van der Waals surface area contributed by atoms with Crippen LogP contribution < -0.4 is 9.47 Å². The molecular weight excluding hydrogens is 345 g/mol. The van der Waals surface area contributed by atoms with Crippen molar-refractivity contribution in [1.82, 2.24) is 0 Å². The molecule has 0 aromatic heterocycles. The van der Waals surface area contributed by atoms with Gasteiger partial charge in [0.25, 0.3) is 0 Å². The van der Waals surface area contributed by atoms with Crippen molar-refractivity contribution >= 4 is 21.6 Å². The molecule has 0 spiro atoms. The summed E-state index contributed by atoms with van der Waals surface area (Å²) in [4.78, 5) is 10.3. The maximum atomic E-state index is 13.6. The summed E-state index contributed by atoms with van der Waals surface area (Å²) in [6.07, 6.45) is 0. The zero-order valence-corrected chi connectivity index (χ0v) is 12.8. The molecule has 0 radical (unpaired) electrons. The normalized spacial score (nSPS) is 10.3. The molecule has 0 atom stereocenters. The Hall–Kier alpha value is -2.15. The molecule has 110 valence electrons. The smallest absolute Gasteiger partial charge is 0.314 e. The molecule has 2 aromatic rings. The lowest BCUT2D eigenvalue weighted by Crippen LogP contribution is -1.98. The summed E-state index contributed by atoms with van der Waals surface area (Å²) >= 11 is 3.32. The number of aryl methyl sites for hydroxylation is 1. The van der Waals surface area contributed by atoms with Crippen molar-refractivity contribution in [3.63, 3.8) is 0 Å². The fraction of sp³-hybridized carbons (Fsp3) is 0.143. The molecule has 0 N–H and O–H groups in total. The van der Waals surface area contributed by atoms with Crippen LogP contribution in [0.3, 0.4) is 0 Å². The van der Waals surface area contributed by atoms with Crippen molar-refractivity contribution in [1.29, 1.82) is 0 Å². The zero-order valence-electron chi connectivity index (χ0n) is 11.2. The standard InChI is InChI=1S/C14H11BrFNO4/c1-8-5-9(15)3-4-12(8)21-14-7-13(20-2)10(16)6-11(14)17(18)19/h3-7H,1-2H3. The van der Waals surface area contributed by atoms with Crippen molar-refractivity contribution < 1.29 is 18.8 Å². The van der Waals surface area contributed by atoms with Gasteiger partial charge in [-0.2, -0.15) is 0 Å². The molecule has 5 nitrogen and oxygen atoms in total. The lowest BCUT2D eigenvalue weighted by molar-refractivity contribution is -0.385. The Bertz CT molecular complexity index is 706. The van der Waals surface area contributed by atoms with Gasteiger partial charge in [-0.05, 0) is 30.7 Å². The topological polar surface area (TPSA) is 61.6 Å². The summed E-state index contributed by atoms with van der Waals surface area (Å²) in [5.41, 5.74) is 0.317. The molecule has 0 unspecified atom stereocenters. The summed E-state index contributed by atoms with van der Waals surface area (Å²) in [5, 5.41) is 11.0. The molecule has 21 heavy (non-hydrogen) atoms. The highest BCUT2D eigenvalue weighted by molar-refractivity contribution is 9.10. The molecule has 2 rings (SSSR count). The van der Waals surface area contributed by atoms with E-state index < -0.39 is 16.4 Å². The highest BCUT2D eigenvalue weighted by Crippen LogP contribution is 2.37. The third kappa shape index (κ3) is 3.30. The molecule has 0 aliphatic heterocycles. The van der Waals surface area contributed by atoms with E-state index in [0.717, 1.165) is 22.2 Å². The maximum Gasteiger partial charge on any atom is 0.314 e. The van der Waals surface area contributed by atoms with Gasteiger partial charge in [-0.1, -0.05) is 15.9 Å². The van der Waals surface area contributed by atoms with E-state index in [1.165, 1.54) is 7.11 Å². The molecule has 0 heterocycles. The summed E-state index contributed by atoms with van der Waals surface area (Å²) in [6.45, 7) is 1.80. The van der Waals surface area contributed by atoms with Crippen LogP contribution in [0.25, 0.3) is 0 Å². The highest BCUT2D eigenvalue weighted by atomic mass is 79.9. The summed E-state index contributed by atoms with van der Waals surface area (Å²) < 4.78 is 24.8. The summed E-state index contributed by atoms with van der Waals surface area (Å²) in [5.74, 6) is -0.576. The molecule has 7 heteroatoms. The molecule has 0 bridgehead atoms. The van der Waals surface area contributed by atoms with Gasteiger partial charge in [0.1, 0.15) is 5.75 Å². The second-order valence-corrected chi connectivity index (χ2v) is 5.14. The number of hydrogen-bond acceptors (Lipinski definition) is 4. The van der Waals surface area contributed by atoms with Gasteiger partial charge >= 0.3 is 5.69 Å². The van der Waals surface area contributed by atoms with E-state index in [-0.39, 0.29) is 11.5 Å². The van der Waals surface area contributed by atoms with Crippen LogP contribution in [0, 0.1) is 22.9 Å². The minimum absolute atomic E-state index is 0.0799. The molecule has 2 aromatic carbocycles. The van der Waals surface area contributed by atoms with Gasteiger partial charge in [0.2, 0.25) is 5.75 Å². The van der Waals surface area contributed by atoms with E-state index in [1.54, 1.807) is 19.1 Å². The van der Waals surface area contributed by atoms with Crippen molar-refractivity contribution in [2.24, 2.45) is 0 Å². The molecular formula is C14H11BrFNO4. The lowest BCUT2D eigenvalue weighted by atomic mass is 10.2. The average Bonchev–Trinajstić information content (AvgIpc) is 2.42. The number of methoxy groups -OCH3 is 1. The van der Waals surface area contributed by atoms with Crippen molar-refractivity contribution in [3.05, 3.63) is 56.3 Å². The number of ether oxygens (including phenoxy) is 2. The van der Waals surface area contributed by atoms with Gasteiger partial charge in [-0.25, -0.2) is 4.39 Å². The molecule has 0 saturated heterocycles. The number of rotatable bonds is 4. The van der Waals surface area contributed by atoms with Crippen LogP contribution in [0.5, 0.6) is 17.2 Å². The maximum absolute atomic E-state index is 13.6. The summed E-state index contributed by atoms with van der Waals surface area (Å²) in [6, 6.07) is 7.16. The summed E-state index contributed by atoms with van der Waals surface area (Å²) in [7, 11) is 1.28. The minimum atomic E-state index is -0.816. The van der Waals surface area contributed by atoms with Gasteiger partial charge in [0.15, 0.2) is 11.6 Å². The van der Waals surface area contributed by atoms with Crippen LogP contribution in [-0.4, -0.2) is 12.0 Å². The van der Waals surface area contributed by atoms with Crippen LogP contribution in [-0.2, 0) is 0 Å². The fourth-order valence-corrected chi connectivity index (χ4v) is 2.23. The minimum Gasteiger partial charge on any atom is -0.494 e. The van der Waals surface area contributed by atoms with Gasteiger partial charge < -0.3 is 9.47 Å². The molecule has 0 saturated carbocycles. The highest BCUT2D eigenvalue weighted by Gasteiger charge is 2.21. The quantitative estimate of drug-likeness (QED) is 0.593. The fourth-order valence-electron chi connectivity index (χ4n) is 1.75. The van der Waals surface area contributed by atoms with Gasteiger partial charge in [0.05, 0.1) is 18.1 Å². The third-order valence-corrected chi connectivity index (χ3v) is 3.28. The lowest BCUT2D eigenvalue weighted by Gasteiger charge is -2.11. The van der Waals surface area contributed by atoms with Crippen molar-refractivity contribution in [2.45, 2.75) is 6.92 Å². The number of nitrogens with zero attached hydrogens (tertiary/aromatic N) is 1. The van der Waals surface area contributed by atoms with E-state index in [2.05, 4.69) is 15.9 Å². The molecule has 0 amide bonds. The Balaban J connectivity index is 2.49. The monoisotopic (exact) mass is 355 g/mol. The van der Waals surface area contributed by atoms with Crippen LogP contribution >= 0.6 is 15.9 Å². The predicted octanol–water partition coefficient (Wildman–Crippen LogP) is 4.61. The van der Waals surface area contributed by atoms with E-state index in [9.17, 15) is 14.5 Å². The van der Waals surface area contributed by atoms with Crippen molar-refractivity contribution in [2.75, 3.05) is 7.11 Å². The number of nitro groups is 1. The Morgan fingerprint density at radius 3 is 2.48 bits per heavy atom. The Kier molecular flexibility index (Phi) is 4.42. The first-order chi connectivity index (χ1) is 9.92. The van der Waals surface area contributed by atoms with E-state index in [1.807, 2.05) is 6.07 Å². The Labute approximate surface area is 128 Å². The third-order valence-electron chi connectivity index (χ3n) is 2.79.